The number of oxazole rings is 1. The van der Waals surface area contributed by atoms with E-state index >= 15 is 0 Å². The van der Waals surface area contributed by atoms with Crippen molar-refractivity contribution in [3.8, 4) is 5.75 Å². The van der Waals surface area contributed by atoms with E-state index < -0.39 is 11.7 Å². The second kappa shape index (κ2) is 10.6. The Bertz CT molecular complexity index is 1570. The Morgan fingerprint density at radius 1 is 0.976 bits per heavy atom. The number of halogens is 3. The maximum absolute atomic E-state index is 13.3. The molecule has 0 radical (unpaired) electrons. The van der Waals surface area contributed by atoms with E-state index in [0.717, 1.165) is 50.2 Å². The van der Waals surface area contributed by atoms with Gasteiger partial charge in [0, 0.05) is 81.8 Å². The molecule has 11 heteroatoms. The van der Waals surface area contributed by atoms with E-state index in [1.807, 2.05) is 23.1 Å². The van der Waals surface area contributed by atoms with E-state index in [1.54, 1.807) is 24.5 Å². The van der Waals surface area contributed by atoms with E-state index in [2.05, 4.69) is 19.8 Å². The fourth-order valence-electron chi connectivity index (χ4n) is 6.39. The molecule has 2 atom stereocenters. The quantitative estimate of drug-likeness (QED) is 0.304. The van der Waals surface area contributed by atoms with Crippen LogP contribution >= 0.6 is 0 Å². The van der Waals surface area contributed by atoms with Crippen LogP contribution in [0.3, 0.4) is 0 Å². The predicted molar refractivity (Wildman–Crippen MR) is 149 cm³/mol. The van der Waals surface area contributed by atoms with Crippen molar-refractivity contribution in [3.63, 3.8) is 0 Å². The first-order valence-electron chi connectivity index (χ1n) is 14.2. The Morgan fingerprint density at radius 2 is 1.74 bits per heavy atom. The van der Waals surface area contributed by atoms with Crippen molar-refractivity contribution in [2.24, 2.45) is 0 Å². The molecule has 218 valence electrons. The minimum Gasteiger partial charge on any atom is -0.490 e. The summed E-state index contributed by atoms with van der Waals surface area (Å²) < 4.78 is 50.8. The number of carbonyl (C=O) groups excluding carboxylic acids is 1. The molecule has 3 aliphatic heterocycles. The molecule has 0 N–H and O–H groups in total. The molecule has 3 saturated heterocycles. The number of hydrogen-bond acceptors (Lipinski definition) is 7. The highest BCUT2D eigenvalue weighted by Crippen LogP contribution is 2.34. The molecule has 0 spiro atoms. The molecule has 2 aromatic carbocycles. The number of aromatic nitrogens is 2. The Hall–Kier alpha value is -4.12. The van der Waals surface area contributed by atoms with Crippen LogP contribution in [-0.2, 0) is 12.7 Å². The van der Waals surface area contributed by atoms with Crippen molar-refractivity contribution >= 4 is 22.7 Å². The molecule has 3 aliphatic rings. The zero-order chi connectivity index (χ0) is 28.8. The summed E-state index contributed by atoms with van der Waals surface area (Å²) >= 11 is 0. The van der Waals surface area contributed by atoms with Gasteiger partial charge in [0.2, 0.25) is 0 Å². The minimum atomic E-state index is -4.34. The highest BCUT2D eigenvalue weighted by atomic mass is 19.4. The highest BCUT2D eigenvalue weighted by molar-refractivity contribution is 5.93. The smallest absolute Gasteiger partial charge is 0.416 e. The zero-order valence-corrected chi connectivity index (χ0v) is 22.8. The predicted octanol–water partition coefficient (Wildman–Crippen LogP) is 5.39. The summed E-state index contributed by atoms with van der Waals surface area (Å²) in [7, 11) is 0. The highest BCUT2D eigenvalue weighted by Gasteiger charge is 2.46. The lowest BCUT2D eigenvalue weighted by Gasteiger charge is -2.33. The standard InChI is InChI=1S/C31H30F3N5O3/c32-31(33,34)21-1-3-22(4-2-21)37-13-9-25(10-14-37)41-26-5-6-27-28(16-26)42-29(36-27)30(40)39-19-23-15-24(39)18-38(23)17-20-7-11-35-12-8-20/h1-8,11-12,16,23-25H,9-10,13-15,17-19H2. The number of rotatable bonds is 6. The van der Waals surface area contributed by atoms with Gasteiger partial charge >= 0.3 is 12.1 Å². The molecule has 3 fully saturated rings. The maximum Gasteiger partial charge on any atom is 0.416 e. The van der Waals surface area contributed by atoms with Crippen molar-refractivity contribution < 1.29 is 27.1 Å². The number of amides is 1. The van der Waals surface area contributed by atoms with Gasteiger partial charge in [0.1, 0.15) is 17.4 Å². The van der Waals surface area contributed by atoms with Gasteiger partial charge in [0.05, 0.1) is 5.56 Å². The molecule has 7 rings (SSSR count). The molecule has 5 heterocycles. The molecule has 2 unspecified atom stereocenters. The Kier molecular flexibility index (Phi) is 6.76. The SMILES string of the molecule is O=C(c1nc2ccc(OC3CCN(c4ccc(C(F)(F)F)cc4)CC3)cc2o1)N1CC2CC1CN2Cc1ccncc1. The lowest BCUT2D eigenvalue weighted by atomic mass is 10.1. The van der Waals surface area contributed by atoms with Crippen molar-refractivity contribution in [3.05, 3.63) is 84.0 Å². The number of ether oxygens (including phenoxy) is 1. The number of alkyl halides is 3. The van der Waals surface area contributed by atoms with Gasteiger partial charge in [-0.3, -0.25) is 14.7 Å². The first kappa shape index (κ1) is 26.8. The average molecular weight is 578 g/mol. The van der Waals surface area contributed by atoms with Gasteiger partial charge < -0.3 is 19.0 Å². The van der Waals surface area contributed by atoms with Gasteiger partial charge in [0.25, 0.3) is 5.89 Å². The van der Waals surface area contributed by atoms with Crippen molar-refractivity contribution in [1.82, 2.24) is 19.8 Å². The van der Waals surface area contributed by atoms with E-state index in [4.69, 9.17) is 9.15 Å². The summed E-state index contributed by atoms with van der Waals surface area (Å²) in [4.78, 5) is 28.3. The molecule has 0 saturated carbocycles. The van der Waals surface area contributed by atoms with E-state index in [-0.39, 0.29) is 23.9 Å². The van der Waals surface area contributed by atoms with E-state index in [0.29, 0.717) is 42.5 Å². The summed E-state index contributed by atoms with van der Waals surface area (Å²) in [5, 5.41) is 0. The molecule has 8 nitrogen and oxygen atoms in total. The van der Waals surface area contributed by atoms with Crippen LogP contribution < -0.4 is 9.64 Å². The number of likely N-dealkylation sites (tertiary alicyclic amines) is 2. The summed E-state index contributed by atoms with van der Waals surface area (Å²) in [5.41, 5.74) is 2.45. The zero-order valence-electron chi connectivity index (χ0n) is 22.8. The van der Waals surface area contributed by atoms with Crippen LogP contribution in [0.4, 0.5) is 18.9 Å². The summed E-state index contributed by atoms with van der Waals surface area (Å²) in [6, 6.07) is 15.2. The molecule has 2 bridgehead atoms. The average Bonchev–Trinajstić information content (AvgIpc) is 3.72. The molecule has 0 aliphatic carbocycles. The normalized spacial score (nSPS) is 21.4. The van der Waals surface area contributed by atoms with Gasteiger partial charge in [-0.2, -0.15) is 13.2 Å². The molecular formula is C31H30F3N5O3. The van der Waals surface area contributed by atoms with Gasteiger partial charge in [-0.25, -0.2) is 4.98 Å². The van der Waals surface area contributed by atoms with Gasteiger partial charge in [-0.05, 0) is 60.5 Å². The van der Waals surface area contributed by atoms with Crippen LogP contribution in [0.2, 0.25) is 0 Å². The van der Waals surface area contributed by atoms with Gasteiger partial charge in [-0.15, -0.1) is 0 Å². The van der Waals surface area contributed by atoms with Gasteiger partial charge in [-0.1, -0.05) is 0 Å². The maximum atomic E-state index is 13.3. The number of piperazine rings is 1. The topological polar surface area (TPSA) is 74.9 Å². The number of hydrogen-bond donors (Lipinski definition) is 0. The summed E-state index contributed by atoms with van der Waals surface area (Å²) in [6.45, 7) is 3.70. The fourth-order valence-corrected chi connectivity index (χ4v) is 6.39. The van der Waals surface area contributed by atoms with Crippen LogP contribution in [-0.4, -0.2) is 70.0 Å². The Morgan fingerprint density at radius 3 is 2.43 bits per heavy atom. The molecule has 2 aromatic heterocycles. The van der Waals surface area contributed by atoms with Crippen LogP contribution in [0, 0.1) is 0 Å². The Labute approximate surface area is 240 Å². The largest absolute Gasteiger partial charge is 0.490 e. The second-order valence-corrected chi connectivity index (χ2v) is 11.3. The number of piperidine rings is 1. The first-order chi connectivity index (χ1) is 20.3. The third kappa shape index (κ3) is 5.29. The van der Waals surface area contributed by atoms with Crippen LogP contribution in [0.5, 0.6) is 5.75 Å². The molecule has 42 heavy (non-hydrogen) atoms. The number of fused-ring (bicyclic) bond motifs is 3. The fraction of sp³-hybridized carbons (Fsp3) is 0.387. The number of carbonyl (C=O) groups is 1. The third-order valence-electron chi connectivity index (χ3n) is 8.60. The van der Waals surface area contributed by atoms with Crippen molar-refractivity contribution in [2.45, 2.75) is 50.2 Å². The lowest BCUT2D eigenvalue weighted by Crippen LogP contribution is -2.48. The molecular weight excluding hydrogens is 547 g/mol. The summed E-state index contributed by atoms with van der Waals surface area (Å²) in [6.07, 6.45) is 1.65. The van der Waals surface area contributed by atoms with E-state index in [1.165, 1.54) is 17.7 Å². The molecule has 4 aromatic rings. The van der Waals surface area contributed by atoms with Crippen LogP contribution in [0.1, 0.15) is 41.1 Å². The monoisotopic (exact) mass is 577 g/mol. The number of benzene rings is 2. The molecule has 1 amide bonds. The van der Waals surface area contributed by atoms with Crippen molar-refractivity contribution in [1.29, 1.82) is 0 Å². The minimum absolute atomic E-state index is 0.0348. The number of nitrogens with zero attached hydrogens (tertiary/aromatic N) is 5. The number of anilines is 1. The summed E-state index contributed by atoms with van der Waals surface area (Å²) in [5.74, 6) is 0.554. The second-order valence-electron chi connectivity index (χ2n) is 11.3. The number of pyridine rings is 1. The lowest BCUT2D eigenvalue weighted by molar-refractivity contribution is -0.137. The van der Waals surface area contributed by atoms with Crippen LogP contribution in [0.15, 0.2) is 71.4 Å². The first-order valence-corrected chi connectivity index (χ1v) is 14.2. The van der Waals surface area contributed by atoms with Crippen molar-refractivity contribution in [2.75, 3.05) is 31.1 Å². The third-order valence-corrected chi connectivity index (χ3v) is 8.60. The Balaban J connectivity index is 0.946. The van der Waals surface area contributed by atoms with Gasteiger partial charge in [0.15, 0.2) is 5.58 Å². The van der Waals surface area contributed by atoms with E-state index in [9.17, 15) is 18.0 Å². The van der Waals surface area contributed by atoms with Crippen LogP contribution in [0.25, 0.3) is 11.1 Å².